The van der Waals surface area contributed by atoms with Crippen LogP contribution >= 0.6 is 0 Å². The van der Waals surface area contributed by atoms with Gasteiger partial charge in [-0.05, 0) is 29.7 Å². The van der Waals surface area contributed by atoms with E-state index in [9.17, 15) is 5.11 Å². The second-order valence-corrected chi connectivity index (χ2v) is 6.86. The average molecular weight is 288 g/mol. The summed E-state index contributed by atoms with van der Waals surface area (Å²) in [7, 11) is 0. The van der Waals surface area contributed by atoms with Crippen molar-refractivity contribution < 1.29 is 19.3 Å². The first-order valence-electron chi connectivity index (χ1n) is 7.93. The van der Waals surface area contributed by atoms with E-state index in [2.05, 4.69) is 12.1 Å². The Balaban J connectivity index is 1.33. The van der Waals surface area contributed by atoms with Crippen LogP contribution in [0.5, 0.6) is 0 Å². The number of fused-ring (bicyclic) bond motifs is 2. The SMILES string of the molecule is O[C@H]1[C@H]2C[C@H]3[C@H]1O[C@H]1[C@H](OCc4ccccc4)OC[C@@H]2[C@@H]31. The van der Waals surface area contributed by atoms with Gasteiger partial charge in [0.25, 0.3) is 0 Å². The first-order valence-corrected chi connectivity index (χ1v) is 7.93. The van der Waals surface area contributed by atoms with E-state index < -0.39 is 0 Å². The molecule has 4 heteroatoms. The van der Waals surface area contributed by atoms with Crippen molar-refractivity contribution in [3.05, 3.63) is 35.9 Å². The molecule has 2 saturated carbocycles. The van der Waals surface area contributed by atoms with Crippen LogP contribution in [0.1, 0.15) is 12.0 Å². The van der Waals surface area contributed by atoms with Crippen molar-refractivity contribution >= 4 is 0 Å². The molecule has 2 bridgehead atoms. The van der Waals surface area contributed by atoms with Crippen LogP contribution in [0, 0.1) is 23.7 Å². The quantitative estimate of drug-likeness (QED) is 0.917. The highest BCUT2D eigenvalue weighted by Gasteiger charge is 2.68. The van der Waals surface area contributed by atoms with Gasteiger partial charge in [-0.3, -0.25) is 0 Å². The molecule has 2 aliphatic heterocycles. The smallest absolute Gasteiger partial charge is 0.184 e. The molecule has 4 aliphatic rings. The van der Waals surface area contributed by atoms with Gasteiger partial charge in [0.05, 0.1) is 25.4 Å². The van der Waals surface area contributed by atoms with Gasteiger partial charge in [-0.15, -0.1) is 0 Å². The number of hydrogen-bond donors (Lipinski definition) is 1. The Bertz CT molecular complexity index is 533. The van der Waals surface area contributed by atoms with E-state index >= 15 is 0 Å². The summed E-state index contributed by atoms with van der Waals surface area (Å²) in [5, 5.41) is 10.3. The van der Waals surface area contributed by atoms with E-state index in [0.29, 0.717) is 36.9 Å². The minimum absolute atomic E-state index is 0.00427. The Kier molecular flexibility index (Phi) is 2.71. The zero-order valence-electron chi connectivity index (χ0n) is 11.8. The van der Waals surface area contributed by atoms with Crippen molar-refractivity contribution in [3.63, 3.8) is 0 Å². The van der Waals surface area contributed by atoms with Gasteiger partial charge < -0.3 is 19.3 Å². The van der Waals surface area contributed by atoms with Crippen LogP contribution in [0.3, 0.4) is 0 Å². The van der Waals surface area contributed by atoms with Crippen molar-refractivity contribution in [2.45, 2.75) is 37.6 Å². The van der Waals surface area contributed by atoms with Gasteiger partial charge in [-0.25, -0.2) is 0 Å². The second kappa shape index (κ2) is 4.53. The lowest BCUT2D eigenvalue weighted by atomic mass is 9.75. The summed E-state index contributed by atoms with van der Waals surface area (Å²) in [5.41, 5.74) is 1.15. The molecule has 21 heavy (non-hydrogen) atoms. The molecule has 1 aromatic rings. The number of benzene rings is 1. The van der Waals surface area contributed by atoms with Crippen molar-refractivity contribution in [1.29, 1.82) is 0 Å². The molecule has 0 aromatic heterocycles. The Morgan fingerprint density at radius 2 is 1.95 bits per heavy atom. The Labute approximate surface area is 124 Å². The van der Waals surface area contributed by atoms with Crippen molar-refractivity contribution in [2.24, 2.45) is 23.7 Å². The van der Waals surface area contributed by atoms with Gasteiger partial charge in [-0.2, -0.15) is 0 Å². The van der Waals surface area contributed by atoms with Crippen LogP contribution in [0.2, 0.25) is 0 Å². The Morgan fingerprint density at radius 3 is 2.81 bits per heavy atom. The standard InChI is InChI=1S/C17H20O4/c18-14-10-6-11-13-12(10)8-20-17(16(13)21-15(11)14)19-7-9-4-2-1-3-5-9/h1-5,10-18H,6-8H2/t10-,11+,12-,13+,14-,15+,16+,17+/m0/s1. The largest absolute Gasteiger partial charge is 0.390 e. The van der Waals surface area contributed by atoms with Crippen LogP contribution in [-0.2, 0) is 20.8 Å². The van der Waals surface area contributed by atoms with Crippen LogP contribution in [0.25, 0.3) is 0 Å². The van der Waals surface area contributed by atoms with Gasteiger partial charge in [0, 0.05) is 5.92 Å². The Hall–Kier alpha value is -0.940. The predicted molar refractivity (Wildman–Crippen MR) is 74.2 cm³/mol. The lowest BCUT2D eigenvalue weighted by molar-refractivity contribution is -0.243. The van der Waals surface area contributed by atoms with Crippen molar-refractivity contribution in [3.8, 4) is 0 Å². The Morgan fingerprint density at radius 1 is 1.10 bits per heavy atom. The summed E-state index contributed by atoms with van der Waals surface area (Å²) < 4.78 is 18.0. The lowest BCUT2D eigenvalue weighted by Gasteiger charge is -2.38. The summed E-state index contributed by atoms with van der Waals surface area (Å²) in [5.74, 6) is 1.89. The van der Waals surface area contributed by atoms with Gasteiger partial charge in [0.2, 0.25) is 0 Å². The molecule has 5 rings (SSSR count). The van der Waals surface area contributed by atoms with E-state index in [-0.39, 0.29) is 24.6 Å². The number of aliphatic hydroxyl groups is 1. The first-order chi connectivity index (χ1) is 10.3. The summed E-state index contributed by atoms with van der Waals surface area (Å²) in [6.45, 7) is 1.25. The molecule has 8 atom stereocenters. The molecule has 2 aliphatic carbocycles. The number of aliphatic hydroxyl groups excluding tert-OH is 1. The molecular weight excluding hydrogens is 268 g/mol. The number of hydrogen-bond acceptors (Lipinski definition) is 4. The number of ether oxygens (including phenoxy) is 3. The molecule has 4 fully saturated rings. The first kappa shape index (κ1) is 12.6. The fourth-order valence-corrected chi connectivity index (χ4v) is 5.11. The van der Waals surface area contributed by atoms with Crippen molar-refractivity contribution in [2.75, 3.05) is 6.61 Å². The van der Waals surface area contributed by atoms with E-state index in [1.165, 1.54) is 0 Å². The third-order valence-corrected chi connectivity index (χ3v) is 5.95. The van der Waals surface area contributed by atoms with Crippen LogP contribution < -0.4 is 0 Å². The van der Waals surface area contributed by atoms with E-state index in [1.807, 2.05) is 18.2 Å². The molecule has 0 unspecified atom stereocenters. The third kappa shape index (κ3) is 1.70. The fraction of sp³-hybridized carbons (Fsp3) is 0.647. The highest BCUT2D eigenvalue weighted by atomic mass is 16.7. The normalized spacial score (nSPS) is 49.8. The summed E-state index contributed by atoms with van der Waals surface area (Å²) in [6.07, 6.45) is 0.544. The van der Waals surface area contributed by atoms with Crippen molar-refractivity contribution in [1.82, 2.24) is 0 Å². The van der Waals surface area contributed by atoms with Gasteiger partial charge >= 0.3 is 0 Å². The monoisotopic (exact) mass is 288 g/mol. The number of rotatable bonds is 3. The van der Waals surface area contributed by atoms with Crippen LogP contribution in [0.4, 0.5) is 0 Å². The minimum Gasteiger partial charge on any atom is -0.390 e. The molecule has 0 amide bonds. The molecular formula is C17H20O4. The molecule has 1 N–H and O–H groups in total. The summed E-state index contributed by atoms with van der Waals surface area (Å²) >= 11 is 0. The maximum Gasteiger partial charge on any atom is 0.184 e. The minimum atomic E-state index is -0.294. The summed E-state index contributed by atoms with van der Waals surface area (Å²) in [6, 6.07) is 10.1. The molecule has 2 saturated heterocycles. The molecule has 4 nitrogen and oxygen atoms in total. The van der Waals surface area contributed by atoms with E-state index in [4.69, 9.17) is 14.2 Å². The van der Waals surface area contributed by atoms with Crippen LogP contribution in [-0.4, -0.2) is 36.3 Å². The highest BCUT2D eigenvalue weighted by molar-refractivity contribution is 5.15. The highest BCUT2D eigenvalue weighted by Crippen LogP contribution is 2.61. The molecule has 0 radical (unpaired) electrons. The second-order valence-electron chi connectivity index (χ2n) is 6.86. The molecule has 112 valence electrons. The molecule has 2 heterocycles. The fourth-order valence-electron chi connectivity index (χ4n) is 5.11. The van der Waals surface area contributed by atoms with E-state index in [0.717, 1.165) is 12.0 Å². The zero-order valence-corrected chi connectivity index (χ0v) is 11.8. The third-order valence-electron chi connectivity index (χ3n) is 5.95. The maximum absolute atomic E-state index is 10.3. The van der Waals surface area contributed by atoms with Gasteiger partial charge in [0.1, 0.15) is 6.10 Å². The zero-order chi connectivity index (χ0) is 14.0. The van der Waals surface area contributed by atoms with Gasteiger partial charge in [0.15, 0.2) is 6.29 Å². The molecule has 1 aromatic carbocycles. The molecule has 0 spiro atoms. The van der Waals surface area contributed by atoms with E-state index in [1.54, 1.807) is 0 Å². The predicted octanol–water partition coefficient (Wildman–Crippen LogP) is 1.57. The topological polar surface area (TPSA) is 47.9 Å². The lowest BCUT2D eigenvalue weighted by Crippen LogP contribution is -2.47. The van der Waals surface area contributed by atoms with Crippen LogP contribution in [0.15, 0.2) is 30.3 Å². The van der Waals surface area contributed by atoms with Gasteiger partial charge in [-0.1, -0.05) is 30.3 Å². The average Bonchev–Trinajstić information content (AvgIpc) is 3.15. The maximum atomic E-state index is 10.3. The summed E-state index contributed by atoms with van der Waals surface area (Å²) in [4.78, 5) is 0.